The number of anilines is 1. The van der Waals surface area contributed by atoms with Crippen molar-refractivity contribution in [3.63, 3.8) is 0 Å². The van der Waals surface area contributed by atoms with Gasteiger partial charge in [0.1, 0.15) is 0 Å². The topological polar surface area (TPSA) is 88.8 Å². The molecule has 0 radical (unpaired) electrons. The number of aryl methyl sites for hydroxylation is 2. The van der Waals surface area contributed by atoms with E-state index in [9.17, 15) is 5.11 Å². The summed E-state index contributed by atoms with van der Waals surface area (Å²) >= 11 is 5.87. The van der Waals surface area contributed by atoms with E-state index in [-0.39, 0.29) is 6.04 Å². The maximum atomic E-state index is 10.2. The molecule has 2 N–H and O–H groups in total. The van der Waals surface area contributed by atoms with Crippen LogP contribution in [0.2, 0.25) is 5.02 Å². The molecule has 8 heteroatoms. The zero-order valence-electron chi connectivity index (χ0n) is 12.6. The van der Waals surface area contributed by atoms with Gasteiger partial charge in [-0.25, -0.2) is 4.98 Å². The lowest BCUT2D eigenvalue weighted by Gasteiger charge is -2.16. The molecule has 0 amide bonds. The van der Waals surface area contributed by atoms with E-state index in [0.717, 1.165) is 24.4 Å². The van der Waals surface area contributed by atoms with Gasteiger partial charge in [-0.2, -0.15) is 10.2 Å². The molecule has 7 nitrogen and oxygen atoms in total. The minimum atomic E-state index is -0.429. The van der Waals surface area contributed by atoms with Crippen LogP contribution in [-0.4, -0.2) is 42.2 Å². The number of nitrogens with one attached hydrogen (secondary N) is 1. The first-order valence-electron chi connectivity index (χ1n) is 7.31. The van der Waals surface area contributed by atoms with Crippen molar-refractivity contribution in [2.24, 2.45) is 5.92 Å². The molecule has 0 bridgehead atoms. The maximum absolute atomic E-state index is 10.2. The summed E-state index contributed by atoms with van der Waals surface area (Å²) in [6.07, 6.45) is 4.53. The van der Waals surface area contributed by atoms with Gasteiger partial charge in [-0.05, 0) is 32.6 Å². The van der Waals surface area contributed by atoms with E-state index in [0.29, 0.717) is 23.3 Å². The lowest BCUT2D eigenvalue weighted by atomic mass is 10.1. The van der Waals surface area contributed by atoms with Crippen LogP contribution in [0.1, 0.15) is 24.2 Å². The van der Waals surface area contributed by atoms with Crippen molar-refractivity contribution >= 4 is 17.5 Å². The highest BCUT2D eigenvalue weighted by Gasteiger charge is 2.33. The molecular formula is C14H19ClN6O. The maximum Gasteiger partial charge on any atom is 0.243 e. The van der Waals surface area contributed by atoms with Gasteiger partial charge in [0.25, 0.3) is 0 Å². The highest BCUT2D eigenvalue weighted by molar-refractivity contribution is 6.30. The fourth-order valence-electron chi connectivity index (χ4n) is 2.81. The van der Waals surface area contributed by atoms with Gasteiger partial charge in [-0.3, -0.25) is 4.68 Å². The molecule has 1 aliphatic carbocycles. The molecule has 0 spiro atoms. The van der Waals surface area contributed by atoms with E-state index in [1.165, 1.54) is 0 Å². The molecule has 22 heavy (non-hydrogen) atoms. The molecule has 2 heterocycles. The van der Waals surface area contributed by atoms with Crippen LogP contribution in [0.25, 0.3) is 0 Å². The van der Waals surface area contributed by atoms with Crippen LogP contribution in [0.4, 0.5) is 5.95 Å². The summed E-state index contributed by atoms with van der Waals surface area (Å²) in [7, 11) is 0. The Hall–Kier alpha value is -1.73. The summed E-state index contributed by atoms with van der Waals surface area (Å²) in [5, 5.41) is 26.3. The number of hydrogen-bond donors (Lipinski definition) is 2. The summed E-state index contributed by atoms with van der Waals surface area (Å²) in [5.74, 6) is 0.804. The van der Waals surface area contributed by atoms with Crippen molar-refractivity contribution in [3.05, 3.63) is 28.8 Å². The average Bonchev–Trinajstić information content (AvgIpc) is 3.01. The SMILES string of the molecule is Cc1nnc(N[C@@H]2CC(Cn3cc(Cl)cn3)C[C@H]2O)nc1C. The summed E-state index contributed by atoms with van der Waals surface area (Å²) in [5.41, 5.74) is 1.65. The fourth-order valence-corrected chi connectivity index (χ4v) is 2.97. The van der Waals surface area contributed by atoms with Gasteiger partial charge in [0.05, 0.1) is 34.8 Å². The second kappa shape index (κ2) is 6.18. The lowest BCUT2D eigenvalue weighted by Crippen LogP contribution is -2.29. The molecular weight excluding hydrogens is 304 g/mol. The Morgan fingerprint density at radius 3 is 2.82 bits per heavy atom. The van der Waals surface area contributed by atoms with Gasteiger partial charge < -0.3 is 10.4 Å². The second-order valence-electron chi connectivity index (χ2n) is 5.84. The first kappa shape index (κ1) is 15.2. The third kappa shape index (κ3) is 3.36. The van der Waals surface area contributed by atoms with Gasteiger partial charge in [0.2, 0.25) is 5.95 Å². The molecule has 3 atom stereocenters. The van der Waals surface area contributed by atoms with Crippen molar-refractivity contribution < 1.29 is 5.11 Å². The van der Waals surface area contributed by atoms with Crippen LogP contribution in [0.3, 0.4) is 0 Å². The van der Waals surface area contributed by atoms with Gasteiger partial charge >= 0.3 is 0 Å². The molecule has 0 aliphatic heterocycles. The summed E-state index contributed by atoms with van der Waals surface area (Å²) in [4.78, 5) is 4.35. The quantitative estimate of drug-likeness (QED) is 0.888. The molecule has 1 aliphatic rings. The molecule has 1 saturated carbocycles. The molecule has 3 rings (SSSR count). The molecule has 1 fully saturated rings. The van der Waals surface area contributed by atoms with Crippen molar-refractivity contribution in [3.8, 4) is 0 Å². The normalized spacial score (nSPS) is 24.6. The minimum absolute atomic E-state index is 0.0695. The summed E-state index contributed by atoms with van der Waals surface area (Å²) < 4.78 is 1.82. The van der Waals surface area contributed by atoms with Crippen molar-refractivity contribution in [1.29, 1.82) is 0 Å². The van der Waals surface area contributed by atoms with Crippen LogP contribution < -0.4 is 5.32 Å². The number of rotatable bonds is 4. The van der Waals surface area contributed by atoms with E-state index < -0.39 is 6.10 Å². The second-order valence-corrected chi connectivity index (χ2v) is 6.28. The van der Waals surface area contributed by atoms with Crippen LogP contribution in [-0.2, 0) is 6.54 Å². The summed E-state index contributed by atoms with van der Waals surface area (Å²) in [6, 6.07) is -0.0695. The molecule has 0 saturated heterocycles. The number of halogens is 1. The number of nitrogens with zero attached hydrogens (tertiary/aromatic N) is 5. The van der Waals surface area contributed by atoms with Crippen molar-refractivity contribution in [2.75, 3.05) is 5.32 Å². The predicted molar refractivity (Wildman–Crippen MR) is 82.7 cm³/mol. The molecule has 0 aromatic carbocycles. The van der Waals surface area contributed by atoms with Crippen LogP contribution in [0.15, 0.2) is 12.4 Å². The van der Waals surface area contributed by atoms with Crippen LogP contribution >= 0.6 is 11.6 Å². The Kier molecular flexibility index (Phi) is 4.26. The first-order chi connectivity index (χ1) is 10.5. The lowest BCUT2D eigenvalue weighted by molar-refractivity contribution is 0.165. The summed E-state index contributed by atoms with van der Waals surface area (Å²) in [6.45, 7) is 4.51. The van der Waals surface area contributed by atoms with Gasteiger partial charge in [0.15, 0.2) is 0 Å². The standard InChI is InChI=1S/C14H19ClN6O/c1-8-9(2)19-20-14(17-8)18-12-3-10(4-13(12)22)6-21-7-11(15)5-16-21/h5,7,10,12-13,22H,3-4,6H2,1-2H3,(H,17,18,20)/t10?,12-,13-/m1/s1. The Bertz CT molecular complexity index is 661. The van der Waals surface area contributed by atoms with Crippen LogP contribution in [0.5, 0.6) is 0 Å². The third-order valence-electron chi connectivity index (χ3n) is 4.08. The average molecular weight is 323 g/mol. The van der Waals surface area contributed by atoms with Gasteiger partial charge in [-0.15, -0.1) is 5.10 Å². The smallest absolute Gasteiger partial charge is 0.243 e. The van der Waals surface area contributed by atoms with Gasteiger partial charge in [-0.1, -0.05) is 11.6 Å². The third-order valence-corrected chi connectivity index (χ3v) is 4.28. The Morgan fingerprint density at radius 2 is 2.14 bits per heavy atom. The number of aliphatic hydroxyl groups is 1. The zero-order chi connectivity index (χ0) is 15.7. The molecule has 118 valence electrons. The fraction of sp³-hybridized carbons (Fsp3) is 0.571. The van der Waals surface area contributed by atoms with Crippen molar-refractivity contribution in [2.45, 2.75) is 45.4 Å². The van der Waals surface area contributed by atoms with Crippen molar-refractivity contribution in [1.82, 2.24) is 25.0 Å². The molecule has 2 aromatic rings. The highest BCUT2D eigenvalue weighted by atomic mass is 35.5. The number of hydrogen-bond acceptors (Lipinski definition) is 6. The van der Waals surface area contributed by atoms with E-state index in [4.69, 9.17) is 11.6 Å². The number of aliphatic hydroxyl groups excluding tert-OH is 1. The van der Waals surface area contributed by atoms with E-state index in [1.54, 1.807) is 12.4 Å². The highest BCUT2D eigenvalue weighted by Crippen LogP contribution is 2.29. The Morgan fingerprint density at radius 1 is 1.32 bits per heavy atom. The zero-order valence-corrected chi connectivity index (χ0v) is 13.3. The Labute approximate surface area is 133 Å². The Balaban J connectivity index is 1.61. The molecule has 1 unspecified atom stereocenters. The van der Waals surface area contributed by atoms with E-state index in [2.05, 4.69) is 25.6 Å². The predicted octanol–water partition coefficient (Wildman–Crippen LogP) is 1.59. The minimum Gasteiger partial charge on any atom is -0.391 e. The monoisotopic (exact) mass is 322 g/mol. The molecule has 2 aromatic heterocycles. The first-order valence-corrected chi connectivity index (χ1v) is 7.69. The van der Waals surface area contributed by atoms with Crippen LogP contribution in [0, 0.1) is 19.8 Å². The number of aromatic nitrogens is 5. The van der Waals surface area contributed by atoms with E-state index in [1.807, 2.05) is 18.5 Å². The van der Waals surface area contributed by atoms with E-state index >= 15 is 0 Å². The largest absolute Gasteiger partial charge is 0.391 e. The van der Waals surface area contributed by atoms with Gasteiger partial charge in [0, 0.05) is 12.7 Å².